The summed E-state index contributed by atoms with van der Waals surface area (Å²) in [7, 11) is -3.27. The summed E-state index contributed by atoms with van der Waals surface area (Å²) in [6.45, 7) is 1.69. The van der Waals surface area contributed by atoms with Gasteiger partial charge in [0, 0.05) is 17.8 Å². The third-order valence-electron chi connectivity index (χ3n) is 2.53. The van der Waals surface area contributed by atoms with E-state index in [0.717, 1.165) is 0 Å². The van der Waals surface area contributed by atoms with Crippen LogP contribution in [0.15, 0.2) is 24.3 Å². The molecule has 0 heterocycles. The van der Waals surface area contributed by atoms with Gasteiger partial charge in [0.2, 0.25) is 0 Å². The maximum atomic E-state index is 11.7. The number of alkyl halides is 1. The molecule has 0 aliphatic heterocycles. The number of nitrogens with two attached hydrogens (primary N) is 1. The summed E-state index contributed by atoms with van der Waals surface area (Å²) >= 11 is 5.54. The molecule has 1 aromatic rings. The second kappa shape index (κ2) is 6.77. The van der Waals surface area contributed by atoms with E-state index in [2.05, 4.69) is 5.32 Å². The molecule has 1 atom stereocenters. The number of benzene rings is 1. The Bertz CT molecular complexity index is 544. The number of rotatable bonds is 6. The number of halogens is 1. The third kappa shape index (κ3) is 5.08. The Morgan fingerprint density at radius 1 is 1.47 bits per heavy atom. The Kier molecular flexibility index (Phi) is 5.62. The summed E-state index contributed by atoms with van der Waals surface area (Å²) in [4.78, 5) is 11.7. The largest absolute Gasteiger partial charge is 0.399 e. The van der Waals surface area contributed by atoms with E-state index in [-0.39, 0.29) is 18.2 Å². The van der Waals surface area contributed by atoms with E-state index in [9.17, 15) is 13.2 Å². The number of amides is 1. The Balaban J connectivity index is 2.40. The van der Waals surface area contributed by atoms with Crippen molar-refractivity contribution in [1.29, 1.82) is 0 Å². The highest BCUT2D eigenvalue weighted by atomic mass is 35.5. The first-order valence-electron chi connectivity index (χ1n) is 5.82. The fraction of sp³-hybridized carbons (Fsp3) is 0.417. The Morgan fingerprint density at radius 2 is 2.16 bits per heavy atom. The predicted molar refractivity (Wildman–Crippen MR) is 76.9 cm³/mol. The molecule has 1 amide bonds. The minimum absolute atomic E-state index is 0.0468. The molecule has 3 N–H and O–H groups in total. The second-order valence-corrected chi connectivity index (χ2v) is 7.50. The molecule has 19 heavy (non-hydrogen) atoms. The first kappa shape index (κ1) is 15.8. The molecule has 5 nitrogen and oxygen atoms in total. The van der Waals surface area contributed by atoms with E-state index in [1.54, 1.807) is 24.3 Å². The molecule has 106 valence electrons. The number of nitrogen functional groups attached to an aromatic ring is 1. The summed E-state index contributed by atoms with van der Waals surface area (Å²) in [6, 6.07) is 6.57. The van der Waals surface area contributed by atoms with E-state index in [4.69, 9.17) is 17.3 Å². The van der Waals surface area contributed by atoms with E-state index < -0.39 is 14.5 Å². The van der Waals surface area contributed by atoms with Crippen LogP contribution >= 0.6 is 11.6 Å². The van der Waals surface area contributed by atoms with Crippen LogP contribution in [-0.4, -0.2) is 31.3 Å². The molecular formula is C12H17ClN2O3S. The standard InChI is InChI=1S/C12H17ClN2O3S/c1-9(13)19(17,18)7-3-6-15-12(16)10-4-2-5-11(14)8-10/h2,4-5,8-9H,3,6-7,14H2,1H3,(H,15,16). The van der Waals surface area contributed by atoms with E-state index >= 15 is 0 Å². The van der Waals surface area contributed by atoms with E-state index in [0.29, 0.717) is 17.7 Å². The lowest BCUT2D eigenvalue weighted by molar-refractivity contribution is 0.0953. The quantitative estimate of drug-likeness (QED) is 0.472. The summed E-state index contributed by atoms with van der Waals surface area (Å²) in [5, 5.41) is 2.64. The minimum atomic E-state index is -3.27. The van der Waals surface area contributed by atoms with Crippen LogP contribution in [0.3, 0.4) is 0 Å². The molecule has 0 aromatic heterocycles. The lowest BCUT2D eigenvalue weighted by Crippen LogP contribution is -2.27. The number of carbonyl (C=O) groups excluding carboxylic acids is 1. The first-order valence-corrected chi connectivity index (χ1v) is 7.97. The van der Waals surface area contributed by atoms with Crippen LogP contribution in [0.2, 0.25) is 0 Å². The van der Waals surface area contributed by atoms with E-state index in [1.807, 2.05) is 0 Å². The fourth-order valence-corrected chi connectivity index (χ4v) is 2.56. The normalized spacial score (nSPS) is 12.9. The molecule has 0 saturated heterocycles. The lowest BCUT2D eigenvalue weighted by Gasteiger charge is -2.07. The van der Waals surface area contributed by atoms with Gasteiger partial charge in [-0.05, 0) is 31.5 Å². The smallest absolute Gasteiger partial charge is 0.251 e. The van der Waals surface area contributed by atoms with Crippen LogP contribution in [0.5, 0.6) is 0 Å². The van der Waals surface area contributed by atoms with Crippen LogP contribution in [0.4, 0.5) is 5.69 Å². The van der Waals surface area contributed by atoms with Crippen molar-refractivity contribution >= 4 is 33.0 Å². The SMILES string of the molecule is CC(Cl)S(=O)(=O)CCCNC(=O)c1cccc(N)c1. The van der Waals surface area contributed by atoms with Crippen molar-refractivity contribution < 1.29 is 13.2 Å². The predicted octanol–water partition coefficient (Wildman–Crippen LogP) is 1.39. The highest BCUT2D eigenvalue weighted by Crippen LogP contribution is 2.08. The average molecular weight is 305 g/mol. The monoisotopic (exact) mass is 304 g/mol. The third-order valence-corrected chi connectivity index (χ3v) is 5.20. The summed E-state index contributed by atoms with van der Waals surface area (Å²) in [6.07, 6.45) is 0.327. The molecule has 0 saturated carbocycles. The number of hydrogen-bond donors (Lipinski definition) is 2. The van der Waals surface area contributed by atoms with Crippen molar-refractivity contribution in [3.63, 3.8) is 0 Å². The van der Waals surface area contributed by atoms with Gasteiger partial charge in [-0.1, -0.05) is 6.07 Å². The van der Waals surface area contributed by atoms with Gasteiger partial charge < -0.3 is 11.1 Å². The van der Waals surface area contributed by atoms with Crippen molar-refractivity contribution in [2.45, 2.75) is 18.1 Å². The maximum absolute atomic E-state index is 11.7. The van der Waals surface area contributed by atoms with Crippen LogP contribution in [0.1, 0.15) is 23.7 Å². The molecule has 0 aliphatic rings. The molecule has 0 aliphatic carbocycles. The molecule has 0 spiro atoms. The number of carbonyl (C=O) groups is 1. The average Bonchev–Trinajstić information content (AvgIpc) is 2.34. The summed E-state index contributed by atoms with van der Waals surface area (Å²) in [5.41, 5.74) is 6.53. The first-order chi connectivity index (χ1) is 8.83. The number of hydrogen-bond acceptors (Lipinski definition) is 4. The van der Waals surface area contributed by atoms with Crippen molar-refractivity contribution in [3.05, 3.63) is 29.8 Å². The van der Waals surface area contributed by atoms with Crippen molar-refractivity contribution in [2.75, 3.05) is 18.0 Å². The minimum Gasteiger partial charge on any atom is -0.399 e. The summed E-state index contributed by atoms with van der Waals surface area (Å²) in [5.74, 6) is -0.321. The molecule has 1 rings (SSSR count). The van der Waals surface area contributed by atoms with Gasteiger partial charge in [0.25, 0.3) is 5.91 Å². The van der Waals surface area contributed by atoms with E-state index in [1.165, 1.54) is 6.92 Å². The summed E-state index contributed by atoms with van der Waals surface area (Å²) < 4.78 is 22.0. The van der Waals surface area contributed by atoms with Gasteiger partial charge in [-0.2, -0.15) is 0 Å². The highest BCUT2D eigenvalue weighted by Gasteiger charge is 2.17. The Morgan fingerprint density at radius 3 is 2.74 bits per heavy atom. The van der Waals surface area contributed by atoms with Gasteiger partial charge in [-0.25, -0.2) is 8.42 Å². The zero-order chi connectivity index (χ0) is 14.5. The van der Waals surface area contributed by atoms with Gasteiger partial charge >= 0.3 is 0 Å². The van der Waals surface area contributed by atoms with Gasteiger partial charge in [0.05, 0.1) is 5.75 Å². The number of sulfone groups is 1. The Labute approximate surface area is 118 Å². The van der Waals surface area contributed by atoms with Crippen LogP contribution in [0.25, 0.3) is 0 Å². The van der Waals surface area contributed by atoms with Crippen molar-refractivity contribution in [3.8, 4) is 0 Å². The topological polar surface area (TPSA) is 89.3 Å². The Hall–Kier alpha value is -1.27. The lowest BCUT2D eigenvalue weighted by atomic mass is 10.2. The zero-order valence-corrected chi connectivity index (χ0v) is 12.2. The van der Waals surface area contributed by atoms with Crippen LogP contribution in [0, 0.1) is 0 Å². The molecule has 1 unspecified atom stereocenters. The van der Waals surface area contributed by atoms with Crippen LogP contribution in [-0.2, 0) is 9.84 Å². The highest BCUT2D eigenvalue weighted by molar-refractivity contribution is 7.93. The zero-order valence-electron chi connectivity index (χ0n) is 10.6. The molecule has 0 radical (unpaired) electrons. The molecular weight excluding hydrogens is 288 g/mol. The van der Waals surface area contributed by atoms with Gasteiger partial charge in [0.1, 0.15) is 4.71 Å². The number of anilines is 1. The van der Waals surface area contributed by atoms with Gasteiger partial charge in [-0.3, -0.25) is 4.79 Å². The number of nitrogens with one attached hydrogen (secondary N) is 1. The second-order valence-electron chi connectivity index (χ2n) is 4.14. The van der Waals surface area contributed by atoms with Crippen molar-refractivity contribution in [2.24, 2.45) is 0 Å². The maximum Gasteiger partial charge on any atom is 0.251 e. The van der Waals surface area contributed by atoms with Crippen LogP contribution < -0.4 is 11.1 Å². The molecule has 0 fully saturated rings. The van der Waals surface area contributed by atoms with Crippen molar-refractivity contribution in [1.82, 2.24) is 5.32 Å². The molecule has 1 aromatic carbocycles. The van der Waals surface area contributed by atoms with Gasteiger partial charge in [0.15, 0.2) is 9.84 Å². The van der Waals surface area contributed by atoms with Gasteiger partial charge in [-0.15, -0.1) is 11.6 Å². The molecule has 7 heteroatoms. The fourth-order valence-electron chi connectivity index (χ4n) is 1.42. The molecule has 0 bridgehead atoms.